The van der Waals surface area contributed by atoms with Crippen LogP contribution in [-0.2, 0) is 23.4 Å². The first-order valence-electron chi connectivity index (χ1n) is 13.9. The van der Waals surface area contributed by atoms with Gasteiger partial charge in [0, 0.05) is 24.4 Å². The minimum absolute atomic E-state index is 0.0140. The molecule has 0 saturated carbocycles. The fourth-order valence-corrected chi connectivity index (χ4v) is 6.38. The number of fused-ring (bicyclic) bond motifs is 2. The maximum atomic E-state index is 14.4. The number of benzene rings is 3. The number of hydrogen-bond donors (Lipinski definition) is 2. The molecule has 1 unspecified atom stereocenters. The molecule has 3 heterocycles. The predicted octanol–water partition coefficient (Wildman–Crippen LogP) is 4.87. The van der Waals surface area contributed by atoms with Gasteiger partial charge in [-0.1, -0.05) is 80.6 Å². The number of pyridine rings is 1. The lowest BCUT2D eigenvalue weighted by Crippen LogP contribution is -2.57. The third-order valence-corrected chi connectivity index (χ3v) is 8.33. The monoisotopic (exact) mass is 585 g/mol. The maximum absolute atomic E-state index is 14.4. The van der Waals surface area contributed by atoms with Crippen molar-refractivity contribution in [3.05, 3.63) is 135 Å². The first kappa shape index (κ1) is 28.3. The van der Waals surface area contributed by atoms with Crippen molar-refractivity contribution in [3.8, 4) is 5.75 Å². The molecule has 4 aromatic rings. The molecule has 0 aliphatic carbocycles. The van der Waals surface area contributed by atoms with E-state index in [9.17, 15) is 28.3 Å². The summed E-state index contributed by atoms with van der Waals surface area (Å²) in [6.07, 6.45) is -0.164. The Kier molecular flexibility index (Phi) is 7.09. The molecule has 0 bridgehead atoms. The van der Waals surface area contributed by atoms with E-state index in [2.05, 4.69) is 5.32 Å². The first-order valence-corrected chi connectivity index (χ1v) is 13.9. The van der Waals surface area contributed by atoms with Crippen LogP contribution in [0.2, 0.25) is 0 Å². The highest BCUT2D eigenvalue weighted by Crippen LogP contribution is 2.56. The molecule has 0 spiro atoms. The van der Waals surface area contributed by atoms with Gasteiger partial charge in [-0.05, 0) is 23.1 Å². The molecular formula is C33H29F2N3O5. The number of hydrogen-bond acceptors (Lipinski definition) is 5. The number of aromatic nitrogens is 1. The summed E-state index contributed by atoms with van der Waals surface area (Å²) < 4.78 is 35.4. The lowest BCUT2D eigenvalue weighted by atomic mass is 9.72. The normalized spacial score (nSPS) is 21.0. The zero-order valence-corrected chi connectivity index (χ0v) is 23.5. The second kappa shape index (κ2) is 10.8. The fourth-order valence-electron chi connectivity index (χ4n) is 6.38. The lowest BCUT2D eigenvalue weighted by Gasteiger charge is -2.47. The van der Waals surface area contributed by atoms with E-state index in [1.807, 2.05) is 74.5 Å². The third-order valence-electron chi connectivity index (χ3n) is 8.33. The number of nitrogens with one attached hydrogen (secondary N) is 1. The molecule has 2 amide bonds. The van der Waals surface area contributed by atoms with Crippen LogP contribution in [0.25, 0.3) is 0 Å². The van der Waals surface area contributed by atoms with Gasteiger partial charge >= 0.3 is 0 Å². The van der Waals surface area contributed by atoms with Crippen molar-refractivity contribution < 1.29 is 28.2 Å². The Morgan fingerprint density at radius 3 is 2.37 bits per heavy atom. The molecule has 43 heavy (non-hydrogen) atoms. The first-order chi connectivity index (χ1) is 20.6. The fraction of sp³-hybridized carbons (Fsp3) is 0.242. The number of carbonyl (C=O) groups is 2. The number of ether oxygens (including phenoxy) is 1. The second-order valence-electron chi connectivity index (χ2n) is 11.0. The zero-order valence-electron chi connectivity index (χ0n) is 23.5. The van der Waals surface area contributed by atoms with Gasteiger partial charge in [-0.25, -0.2) is 8.78 Å². The number of halogens is 2. The second-order valence-corrected chi connectivity index (χ2v) is 11.0. The predicted molar refractivity (Wildman–Crippen MR) is 153 cm³/mol. The van der Waals surface area contributed by atoms with E-state index in [0.717, 1.165) is 17.2 Å². The Bertz CT molecular complexity index is 1780. The van der Waals surface area contributed by atoms with E-state index < -0.39 is 58.1 Å². The SMILES string of the molecule is CC(C)[C@@]1(c2ccccc2)C(c2ccccc2)O[C@H]2Cn3cc(C(=O)NCc4ccc(F)cc4F)c(=O)c(O)c3C(=O)N21. The van der Waals surface area contributed by atoms with E-state index in [-0.39, 0.29) is 30.3 Å². The van der Waals surface area contributed by atoms with Crippen molar-refractivity contribution in [1.29, 1.82) is 0 Å². The number of amides is 2. The molecule has 8 nitrogen and oxygen atoms in total. The van der Waals surface area contributed by atoms with Crippen LogP contribution in [0.3, 0.4) is 0 Å². The highest BCUT2D eigenvalue weighted by Gasteiger charge is 2.61. The average molecular weight is 586 g/mol. The van der Waals surface area contributed by atoms with Gasteiger partial charge in [0.15, 0.2) is 17.7 Å². The van der Waals surface area contributed by atoms with Gasteiger partial charge in [0.05, 0.1) is 6.54 Å². The largest absolute Gasteiger partial charge is 0.503 e. The van der Waals surface area contributed by atoms with Crippen molar-refractivity contribution in [1.82, 2.24) is 14.8 Å². The minimum Gasteiger partial charge on any atom is -0.503 e. The van der Waals surface area contributed by atoms with E-state index in [4.69, 9.17) is 4.74 Å². The summed E-state index contributed by atoms with van der Waals surface area (Å²) in [6.45, 7) is 3.71. The summed E-state index contributed by atoms with van der Waals surface area (Å²) in [4.78, 5) is 42.2. The van der Waals surface area contributed by atoms with Crippen LogP contribution in [0.15, 0.2) is 89.9 Å². The molecule has 220 valence electrons. The summed E-state index contributed by atoms with van der Waals surface area (Å²) in [5.41, 5.74) is -0.994. The molecule has 2 N–H and O–H groups in total. The number of rotatable bonds is 6. The molecule has 0 radical (unpaired) electrons. The van der Waals surface area contributed by atoms with Crippen molar-refractivity contribution in [2.45, 2.75) is 44.8 Å². The number of nitrogens with zero attached hydrogens (tertiary/aromatic N) is 2. The van der Waals surface area contributed by atoms with Gasteiger partial charge in [0.2, 0.25) is 5.43 Å². The Balaban J connectivity index is 1.42. The van der Waals surface area contributed by atoms with Crippen LogP contribution in [0.5, 0.6) is 5.75 Å². The van der Waals surface area contributed by atoms with Crippen molar-refractivity contribution in [2.24, 2.45) is 5.92 Å². The van der Waals surface area contributed by atoms with E-state index >= 15 is 0 Å². The van der Waals surface area contributed by atoms with Crippen molar-refractivity contribution in [3.63, 3.8) is 0 Å². The molecule has 1 fully saturated rings. The average Bonchev–Trinajstić information content (AvgIpc) is 3.36. The number of carbonyl (C=O) groups excluding carboxylic acids is 2. The maximum Gasteiger partial charge on any atom is 0.277 e. The van der Waals surface area contributed by atoms with Crippen LogP contribution in [0, 0.1) is 17.6 Å². The molecule has 2 aliphatic rings. The highest BCUT2D eigenvalue weighted by atomic mass is 19.1. The van der Waals surface area contributed by atoms with E-state index in [0.29, 0.717) is 6.07 Å². The minimum atomic E-state index is -1.04. The Labute approximate surface area is 246 Å². The molecule has 3 atom stereocenters. The summed E-state index contributed by atoms with van der Waals surface area (Å²) >= 11 is 0. The van der Waals surface area contributed by atoms with Gasteiger partial charge in [-0.3, -0.25) is 19.3 Å². The lowest BCUT2D eigenvalue weighted by molar-refractivity contribution is -0.0161. The summed E-state index contributed by atoms with van der Waals surface area (Å²) in [5.74, 6) is -4.13. The Morgan fingerprint density at radius 1 is 1.05 bits per heavy atom. The molecule has 1 aromatic heterocycles. The van der Waals surface area contributed by atoms with Crippen LogP contribution in [0.4, 0.5) is 8.78 Å². The molecule has 10 heteroatoms. The van der Waals surface area contributed by atoms with Crippen LogP contribution in [-0.4, -0.2) is 32.6 Å². The van der Waals surface area contributed by atoms with Crippen LogP contribution in [0.1, 0.15) is 57.5 Å². The third kappa shape index (κ3) is 4.49. The van der Waals surface area contributed by atoms with Crippen LogP contribution < -0.4 is 10.7 Å². The van der Waals surface area contributed by atoms with Crippen molar-refractivity contribution >= 4 is 11.8 Å². The summed E-state index contributed by atoms with van der Waals surface area (Å²) in [6, 6.07) is 22.0. The van der Waals surface area contributed by atoms with Crippen LogP contribution >= 0.6 is 0 Å². The molecular weight excluding hydrogens is 556 g/mol. The van der Waals surface area contributed by atoms with E-state index in [1.54, 1.807) is 4.90 Å². The molecule has 6 rings (SSSR count). The van der Waals surface area contributed by atoms with Gasteiger partial charge in [0.1, 0.15) is 28.8 Å². The summed E-state index contributed by atoms with van der Waals surface area (Å²) in [5, 5.41) is 13.5. The highest BCUT2D eigenvalue weighted by molar-refractivity contribution is 5.99. The van der Waals surface area contributed by atoms with Gasteiger partial charge in [0.25, 0.3) is 11.8 Å². The van der Waals surface area contributed by atoms with Gasteiger partial charge < -0.3 is 19.7 Å². The van der Waals surface area contributed by atoms with E-state index in [1.165, 1.54) is 16.8 Å². The smallest absolute Gasteiger partial charge is 0.277 e. The molecule has 3 aromatic carbocycles. The number of aromatic hydroxyl groups is 1. The summed E-state index contributed by atoms with van der Waals surface area (Å²) in [7, 11) is 0. The Morgan fingerprint density at radius 2 is 1.72 bits per heavy atom. The standard InChI is InChI=1S/C33H29F2N3O5/c1-19(2)33(22-11-7-4-8-12-22)30(20-9-5-3-6-10-20)43-26-18-37-17-24(28(39)29(40)27(37)32(42)38(26)33)31(41)36-16-21-13-14-23(34)15-25(21)35/h3-15,17,19,26,30,40H,16,18H2,1-2H3,(H,36,41)/t26-,30?,33+/m0/s1. The van der Waals surface area contributed by atoms with Gasteiger partial charge in [-0.15, -0.1) is 0 Å². The van der Waals surface area contributed by atoms with Gasteiger partial charge in [-0.2, -0.15) is 0 Å². The molecule has 2 aliphatic heterocycles. The quantitative estimate of drug-likeness (QED) is 0.337. The topological polar surface area (TPSA) is 101 Å². The van der Waals surface area contributed by atoms with Crippen molar-refractivity contribution in [2.75, 3.05) is 0 Å². The molecule has 1 saturated heterocycles. The Hall–Kier alpha value is -4.83. The zero-order chi connectivity index (χ0) is 30.5.